The smallest absolute Gasteiger partial charge is 0.415 e. The number of carbonyl (C=O) groups is 2. The number of hydrogen-bond donors (Lipinski definition) is 0. The summed E-state index contributed by atoms with van der Waals surface area (Å²) >= 11 is 12.9. The summed E-state index contributed by atoms with van der Waals surface area (Å²) in [4.78, 5) is 33.8. The Hall–Kier alpha value is -4.69. The van der Waals surface area contributed by atoms with Gasteiger partial charge in [0.25, 0.3) is 0 Å². The molecule has 0 spiro atoms. The molecule has 0 radical (unpaired) electrons. The van der Waals surface area contributed by atoms with Gasteiger partial charge in [-0.3, -0.25) is 9.80 Å². The second kappa shape index (κ2) is 17.9. The molecular weight excluding hydrogens is 735 g/mol. The summed E-state index contributed by atoms with van der Waals surface area (Å²) in [6.07, 6.45) is 3.37. The van der Waals surface area contributed by atoms with Crippen molar-refractivity contribution in [2.75, 3.05) is 38.8 Å². The Morgan fingerprint density at radius 3 is 2.23 bits per heavy atom. The molecule has 0 aliphatic carbocycles. The molecule has 3 aliphatic rings. The predicted molar refractivity (Wildman–Crippen MR) is 191 cm³/mol. The Labute approximate surface area is 315 Å². The number of fused-ring (bicyclic) bond motifs is 3. The molecule has 53 heavy (non-hydrogen) atoms. The van der Waals surface area contributed by atoms with Crippen molar-refractivity contribution < 1.29 is 52.5 Å². The van der Waals surface area contributed by atoms with Crippen LogP contribution < -0.4 is 24.1 Å². The molecule has 3 fully saturated rings. The number of alkyl halides is 2. The Balaban J connectivity index is 0.00000541. The number of ether oxygens (including phenoxy) is 5. The number of aromatic amines is 1. The fourth-order valence-electron chi connectivity index (χ4n) is 6.62. The number of amides is 1. The molecule has 0 saturated carbocycles. The maximum absolute atomic E-state index is 13.8. The van der Waals surface area contributed by atoms with E-state index in [2.05, 4.69) is 9.88 Å². The van der Waals surface area contributed by atoms with E-state index in [9.17, 15) is 18.4 Å². The molecule has 1 aromatic heterocycles. The van der Waals surface area contributed by atoms with Gasteiger partial charge in [-0.05, 0) is 79.4 Å². The van der Waals surface area contributed by atoms with Crippen LogP contribution in [0, 0.1) is 5.92 Å². The van der Waals surface area contributed by atoms with Gasteiger partial charge >= 0.3 is 18.7 Å². The SMILES string of the molecule is COc1ccc([C@H](Cc2c(Cl)c[nH+]cc2Cl)OC(=O)c2ccc(CN(C(=O)O[C@H]3CN4CCC3CC4)c3ccccc3OC(F)F)cc2)cc1OC.[OH-]. The van der Waals surface area contributed by atoms with E-state index in [0.717, 1.165) is 25.9 Å². The zero-order valence-corrected chi connectivity index (χ0v) is 30.5. The minimum atomic E-state index is -3.10. The molecule has 3 aliphatic heterocycles. The number of para-hydroxylation sites is 2. The van der Waals surface area contributed by atoms with Gasteiger partial charge in [0.05, 0.1) is 32.0 Å². The molecule has 2 N–H and O–H groups in total. The fourth-order valence-corrected chi connectivity index (χ4v) is 7.16. The average molecular weight is 775 g/mol. The van der Waals surface area contributed by atoms with E-state index in [1.54, 1.807) is 67.0 Å². The van der Waals surface area contributed by atoms with Crippen molar-refractivity contribution in [3.05, 3.63) is 111 Å². The van der Waals surface area contributed by atoms with Crippen molar-refractivity contribution >= 4 is 41.0 Å². The zero-order valence-electron chi connectivity index (χ0n) is 29.0. The summed E-state index contributed by atoms with van der Waals surface area (Å²) in [5.41, 5.74) is 2.15. The highest BCUT2D eigenvalue weighted by Crippen LogP contribution is 2.37. The van der Waals surface area contributed by atoms with Crippen molar-refractivity contribution in [1.82, 2.24) is 4.90 Å². The number of H-pyrrole nitrogens is 1. The lowest BCUT2D eigenvalue weighted by Gasteiger charge is -2.44. The maximum atomic E-state index is 13.8. The first-order chi connectivity index (χ1) is 25.1. The van der Waals surface area contributed by atoms with Crippen LogP contribution in [0.15, 0.2) is 79.1 Å². The molecule has 3 saturated heterocycles. The minimum absolute atomic E-state index is 0. The van der Waals surface area contributed by atoms with Crippen molar-refractivity contribution in [2.45, 2.75) is 44.6 Å². The number of anilines is 1. The molecule has 4 aromatic rings. The molecule has 1 amide bonds. The molecule has 282 valence electrons. The van der Waals surface area contributed by atoms with Crippen molar-refractivity contribution in [2.24, 2.45) is 5.92 Å². The van der Waals surface area contributed by atoms with E-state index in [1.807, 2.05) is 0 Å². The Morgan fingerprint density at radius 1 is 0.925 bits per heavy atom. The standard InChI is InChI=1S/C38H37Cl2F2N3O7.H2O/c1-48-32-12-11-26(17-34(32)49-2)33(18-27-28(39)19-43-20-29(27)40)50-36(46)25-9-7-23(8-10-25)21-45(30-5-3-4-6-31(30)51-37(41)42)38(47)52-35-22-44-15-13-24(35)14-16-44;/h3-12,17,19-20,24,33,35,37H,13-16,18,21-22H2,1-2H3;1H2/t33-,35-;/m0./s1. The highest BCUT2D eigenvalue weighted by molar-refractivity contribution is 6.35. The molecule has 0 unspecified atom stereocenters. The number of esters is 1. The predicted octanol–water partition coefficient (Wildman–Crippen LogP) is 7.63. The first-order valence-corrected chi connectivity index (χ1v) is 17.5. The quantitative estimate of drug-likeness (QED) is 0.126. The van der Waals surface area contributed by atoms with E-state index in [-0.39, 0.29) is 47.5 Å². The van der Waals surface area contributed by atoms with E-state index >= 15 is 0 Å². The number of piperidine rings is 3. The lowest BCUT2D eigenvalue weighted by Crippen LogP contribution is -2.53. The van der Waals surface area contributed by atoms with Crippen molar-refractivity contribution in [1.29, 1.82) is 0 Å². The zero-order chi connectivity index (χ0) is 36.8. The van der Waals surface area contributed by atoms with Gasteiger partial charge < -0.3 is 29.2 Å². The summed E-state index contributed by atoms with van der Waals surface area (Å²) in [5.74, 6) is 0.392. The van der Waals surface area contributed by atoms with Crippen molar-refractivity contribution in [3.63, 3.8) is 0 Å². The van der Waals surface area contributed by atoms with Gasteiger partial charge in [0.15, 0.2) is 23.9 Å². The number of nitrogens with zero attached hydrogens (tertiary/aromatic N) is 2. The Kier molecular flexibility index (Phi) is 13.3. The maximum Gasteiger partial charge on any atom is 0.415 e. The van der Waals surface area contributed by atoms with Crippen molar-refractivity contribution in [3.8, 4) is 17.2 Å². The van der Waals surface area contributed by atoms with Crippen LogP contribution in [0.5, 0.6) is 17.2 Å². The second-order valence-corrected chi connectivity index (χ2v) is 13.3. The molecule has 7 rings (SSSR count). The largest absolute Gasteiger partial charge is 0.870 e. The number of hydrogen-bond acceptors (Lipinski definition) is 9. The lowest BCUT2D eigenvalue weighted by molar-refractivity contribution is -0.377. The number of aromatic nitrogens is 1. The minimum Gasteiger partial charge on any atom is -0.870 e. The van der Waals surface area contributed by atoms with Gasteiger partial charge in [0.1, 0.15) is 28.0 Å². The van der Waals surface area contributed by atoms with Gasteiger partial charge in [0, 0.05) is 18.5 Å². The third-order valence-corrected chi connectivity index (χ3v) is 10.1. The van der Waals surface area contributed by atoms with Gasteiger partial charge in [-0.1, -0.05) is 53.5 Å². The van der Waals surface area contributed by atoms with E-state index in [1.165, 1.54) is 31.3 Å². The summed E-state index contributed by atoms with van der Waals surface area (Å²) in [6.45, 7) is -0.592. The molecule has 2 atom stereocenters. The van der Waals surface area contributed by atoms with Crippen LogP contribution in [-0.2, 0) is 22.4 Å². The molecule has 11 nitrogen and oxygen atoms in total. The topological polar surface area (TPSA) is 131 Å². The first-order valence-electron chi connectivity index (χ1n) is 16.7. The van der Waals surface area contributed by atoms with Crippen LogP contribution >= 0.6 is 23.2 Å². The third kappa shape index (κ3) is 9.46. The number of benzene rings is 3. The molecule has 2 bridgehead atoms. The highest BCUT2D eigenvalue weighted by atomic mass is 35.5. The number of halogens is 4. The molecule has 15 heteroatoms. The summed E-state index contributed by atoms with van der Waals surface area (Å²) < 4.78 is 54.5. The number of nitrogens with one attached hydrogen (secondary N) is 1. The molecular formula is C38H39Cl2F2N3O8. The number of methoxy groups -OCH3 is 2. The highest BCUT2D eigenvalue weighted by Gasteiger charge is 2.38. The number of pyridine rings is 1. The normalized spacial score (nSPS) is 18.1. The van der Waals surface area contributed by atoms with Crippen LogP contribution in [-0.4, -0.2) is 69.0 Å². The third-order valence-electron chi connectivity index (χ3n) is 9.39. The number of rotatable bonds is 13. The average Bonchev–Trinajstić information content (AvgIpc) is 3.15. The van der Waals surface area contributed by atoms with E-state index < -0.39 is 24.8 Å². The van der Waals surface area contributed by atoms with Crippen LogP contribution in [0.3, 0.4) is 0 Å². The first kappa shape index (κ1) is 39.5. The summed E-state index contributed by atoms with van der Waals surface area (Å²) in [5, 5.41) is 0.742. The summed E-state index contributed by atoms with van der Waals surface area (Å²) in [6, 6.07) is 17.7. The Morgan fingerprint density at radius 2 is 1.60 bits per heavy atom. The van der Waals surface area contributed by atoms with Gasteiger partial charge in [-0.25, -0.2) is 14.6 Å². The van der Waals surface area contributed by atoms with Gasteiger partial charge in [-0.15, -0.1) is 0 Å². The van der Waals surface area contributed by atoms with Crippen LogP contribution in [0.2, 0.25) is 10.0 Å². The van der Waals surface area contributed by atoms with Crippen LogP contribution in [0.4, 0.5) is 19.3 Å². The molecule has 3 aromatic carbocycles. The molecule has 4 heterocycles. The van der Waals surface area contributed by atoms with Gasteiger partial charge in [0.2, 0.25) is 0 Å². The van der Waals surface area contributed by atoms with E-state index in [0.29, 0.717) is 44.8 Å². The Bertz CT molecular complexity index is 1860. The second-order valence-electron chi connectivity index (χ2n) is 12.5. The van der Waals surface area contributed by atoms with E-state index in [4.69, 9.17) is 46.9 Å². The number of carbonyl (C=O) groups excluding carboxylic acids is 2. The monoisotopic (exact) mass is 773 g/mol. The lowest BCUT2D eigenvalue weighted by atomic mass is 9.86. The fraction of sp³-hybridized carbons (Fsp3) is 0.342. The van der Waals surface area contributed by atoms with Crippen LogP contribution in [0.1, 0.15) is 46.0 Å². The van der Waals surface area contributed by atoms with Gasteiger partial charge in [-0.2, -0.15) is 8.78 Å². The summed E-state index contributed by atoms with van der Waals surface area (Å²) in [7, 11) is 3.03. The van der Waals surface area contributed by atoms with Crippen LogP contribution in [0.25, 0.3) is 0 Å².